The maximum Gasteiger partial charge on any atom is 0.336 e. The Morgan fingerprint density at radius 1 is 0.964 bits per heavy atom. The second-order valence-corrected chi connectivity index (χ2v) is 6.93. The van der Waals surface area contributed by atoms with Crippen LogP contribution in [0.2, 0.25) is 0 Å². The van der Waals surface area contributed by atoms with Crippen LogP contribution in [0.5, 0.6) is 0 Å². The molecule has 1 aromatic heterocycles. The van der Waals surface area contributed by atoms with Crippen molar-refractivity contribution in [1.82, 2.24) is 4.90 Å². The lowest BCUT2D eigenvalue weighted by atomic mass is 9.95. The fourth-order valence-electron chi connectivity index (χ4n) is 3.50. The summed E-state index contributed by atoms with van der Waals surface area (Å²) in [7, 11) is 0. The summed E-state index contributed by atoms with van der Waals surface area (Å²) in [6.45, 7) is 1.13. The normalized spacial score (nSPS) is 14.8. The molecule has 0 unspecified atom stereocenters. The molecule has 0 bridgehead atoms. The molecule has 2 heterocycles. The summed E-state index contributed by atoms with van der Waals surface area (Å²) in [5, 5.41) is 3.68. The van der Waals surface area contributed by atoms with E-state index in [2.05, 4.69) is 5.32 Å². The van der Waals surface area contributed by atoms with E-state index in [1.165, 1.54) is 6.07 Å². The molecule has 6 nitrogen and oxygen atoms in total. The molecule has 0 spiro atoms. The molecule has 0 aliphatic carbocycles. The van der Waals surface area contributed by atoms with Crippen molar-refractivity contribution < 1.29 is 14.0 Å². The number of fused-ring (bicyclic) bond motifs is 1. The van der Waals surface area contributed by atoms with Gasteiger partial charge >= 0.3 is 5.63 Å². The van der Waals surface area contributed by atoms with Gasteiger partial charge in [-0.2, -0.15) is 0 Å². The first-order valence-corrected chi connectivity index (χ1v) is 9.29. The number of hydrogen-bond donors (Lipinski definition) is 1. The summed E-state index contributed by atoms with van der Waals surface area (Å²) in [5.41, 5.74) is 1.42. The highest BCUT2D eigenvalue weighted by atomic mass is 16.4. The zero-order valence-corrected chi connectivity index (χ0v) is 15.3. The lowest BCUT2D eigenvalue weighted by molar-refractivity contribution is -0.121. The van der Waals surface area contributed by atoms with E-state index in [0.29, 0.717) is 42.8 Å². The van der Waals surface area contributed by atoms with E-state index in [9.17, 15) is 14.4 Å². The Hall–Kier alpha value is -3.41. The number of benzene rings is 2. The highest BCUT2D eigenvalue weighted by Gasteiger charge is 2.27. The standard InChI is InChI=1S/C22H20N2O4/c25-20-9-6-17-14-18(7-8-19(17)28-20)23-21(26)15-10-12-24(13-11-15)22(27)16-4-2-1-3-5-16/h1-9,14-15H,10-13H2,(H,23,26). The van der Waals surface area contributed by atoms with Crippen molar-refractivity contribution in [1.29, 1.82) is 0 Å². The summed E-state index contributed by atoms with van der Waals surface area (Å²) in [6, 6.07) is 17.4. The number of nitrogens with one attached hydrogen (secondary N) is 1. The van der Waals surface area contributed by atoms with Gasteiger partial charge in [0.1, 0.15) is 5.58 Å². The summed E-state index contributed by atoms with van der Waals surface area (Å²) >= 11 is 0. The lowest BCUT2D eigenvalue weighted by Crippen LogP contribution is -2.41. The number of nitrogens with zero attached hydrogens (tertiary/aromatic N) is 1. The van der Waals surface area contributed by atoms with Crippen LogP contribution >= 0.6 is 0 Å². The minimum absolute atomic E-state index is 0.00970. The number of hydrogen-bond acceptors (Lipinski definition) is 4. The minimum atomic E-state index is -0.402. The number of carbonyl (C=O) groups is 2. The van der Waals surface area contributed by atoms with Gasteiger partial charge in [-0.1, -0.05) is 18.2 Å². The van der Waals surface area contributed by atoms with Crippen molar-refractivity contribution in [2.75, 3.05) is 18.4 Å². The molecule has 0 saturated carbocycles. The smallest absolute Gasteiger partial charge is 0.336 e. The molecule has 0 atom stereocenters. The molecule has 2 aromatic carbocycles. The molecule has 3 aromatic rings. The van der Waals surface area contributed by atoms with Crippen LogP contribution in [0.4, 0.5) is 5.69 Å². The van der Waals surface area contributed by atoms with Gasteiger partial charge in [-0.05, 0) is 49.2 Å². The molecular formula is C22H20N2O4. The molecule has 6 heteroatoms. The molecule has 142 valence electrons. The first-order valence-electron chi connectivity index (χ1n) is 9.29. The van der Waals surface area contributed by atoms with Crippen molar-refractivity contribution in [2.24, 2.45) is 5.92 Å². The first-order chi connectivity index (χ1) is 13.6. The number of likely N-dealkylation sites (tertiary alicyclic amines) is 1. The summed E-state index contributed by atoms with van der Waals surface area (Å²) in [5.74, 6) is -0.178. The van der Waals surface area contributed by atoms with Crippen LogP contribution < -0.4 is 10.9 Å². The van der Waals surface area contributed by atoms with Gasteiger partial charge in [0.25, 0.3) is 5.91 Å². The van der Waals surface area contributed by atoms with Crippen molar-refractivity contribution in [2.45, 2.75) is 12.8 Å². The monoisotopic (exact) mass is 376 g/mol. The third-order valence-electron chi connectivity index (χ3n) is 5.06. The highest BCUT2D eigenvalue weighted by molar-refractivity contribution is 5.96. The lowest BCUT2D eigenvalue weighted by Gasteiger charge is -2.31. The Labute approximate surface area is 161 Å². The zero-order valence-electron chi connectivity index (χ0n) is 15.3. The quantitative estimate of drug-likeness (QED) is 0.712. The van der Waals surface area contributed by atoms with Crippen molar-refractivity contribution in [3.8, 4) is 0 Å². The Kier molecular flexibility index (Phi) is 4.93. The van der Waals surface area contributed by atoms with Crippen LogP contribution in [0.15, 0.2) is 69.9 Å². The van der Waals surface area contributed by atoms with E-state index >= 15 is 0 Å². The fraction of sp³-hybridized carbons (Fsp3) is 0.227. The zero-order chi connectivity index (χ0) is 19.5. The maximum absolute atomic E-state index is 12.6. The van der Waals surface area contributed by atoms with Crippen LogP contribution in [0.3, 0.4) is 0 Å². The maximum atomic E-state index is 12.6. The predicted molar refractivity (Wildman–Crippen MR) is 106 cm³/mol. The number of anilines is 1. The molecule has 1 N–H and O–H groups in total. The van der Waals surface area contributed by atoms with E-state index in [4.69, 9.17) is 4.42 Å². The Balaban J connectivity index is 1.37. The Morgan fingerprint density at radius 2 is 1.71 bits per heavy atom. The van der Waals surface area contributed by atoms with E-state index in [1.807, 2.05) is 30.3 Å². The Morgan fingerprint density at radius 3 is 2.46 bits per heavy atom. The van der Waals surface area contributed by atoms with Gasteiger partial charge in [0, 0.05) is 41.7 Å². The summed E-state index contributed by atoms with van der Waals surface area (Å²) in [6.07, 6.45) is 1.26. The van der Waals surface area contributed by atoms with Gasteiger partial charge in [-0.25, -0.2) is 4.79 Å². The highest BCUT2D eigenvalue weighted by Crippen LogP contribution is 2.23. The topological polar surface area (TPSA) is 79.6 Å². The van der Waals surface area contributed by atoms with E-state index in [1.54, 1.807) is 29.2 Å². The van der Waals surface area contributed by atoms with Crippen molar-refractivity contribution in [3.05, 3.63) is 76.6 Å². The largest absolute Gasteiger partial charge is 0.423 e. The van der Waals surface area contributed by atoms with Gasteiger partial charge < -0.3 is 14.6 Å². The van der Waals surface area contributed by atoms with Crippen LogP contribution in [0.25, 0.3) is 11.0 Å². The van der Waals surface area contributed by atoms with Crippen LogP contribution in [-0.4, -0.2) is 29.8 Å². The van der Waals surface area contributed by atoms with Gasteiger partial charge in [-0.3, -0.25) is 9.59 Å². The molecule has 2 amide bonds. The SMILES string of the molecule is O=C(Nc1ccc2oc(=O)ccc2c1)C1CCN(C(=O)c2ccccc2)CC1. The van der Waals surface area contributed by atoms with Gasteiger partial charge in [0.15, 0.2) is 0 Å². The average Bonchev–Trinajstić information content (AvgIpc) is 2.74. The van der Waals surface area contributed by atoms with Crippen LogP contribution in [-0.2, 0) is 4.79 Å². The number of amides is 2. The molecule has 0 radical (unpaired) electrons. The molecule has 28 heavy (non-hydrogen) atoms. The van der Waals surface area contributed by atoms with Crippen molar-refractivity contribution >= 4 is 28.5 Å². The molecule has 1 aliphatic heterocycles. The van der Waals surface area contributed by atoms with Gasteiger partial charge in [0.05, 0.1) is 0 Å². The first kappa shape index (κ1) is 18.0. The second kappa shape index (κ2) is 7.68. The van der Waals surface area contributed by atoms with Crippen LogP contribution in [0.1, 0.15) is 23.2 Å². The summed E-state index contributed by atoms with van der Waals surface area (Å²) in [4.78, 5) is 38.2. The average molecular weight is 376 g/mol. The fourth-order valence-corrected chi connectivity index (χ4v) is 3.50. The Bertz CT molecular complexity index is 1070. The molecule has 1 aliphatic rings. The second-order valence-electron chi connectivity index (χ2n) is 6.93. The molecular weight excluding hydrogens is 356 g/mol. The van der Waals surface area contributed by atoms with E-state index < -0.39 is 5.63 Å². The number of carbonyl (C=O) groups excluding carboxylic acids is 2. The van der Waals surface area contributed by atoms with Crippen LogP contribution in [0, 0.1) is 5.92 Å². The third-order valence-corrected chi connectivity index (χ3v) is 5.06. The third kappa shape index (κ3) is 3.81. The van der Waals surface area contributed by atoms with Gasteiger partial charge in [0.2, 0.25) is 5.91 Å². The molecule has 1 saturated heterocycles. The van der Waals surface area contributed by atoms with Crippen molar-refractivity contribution in [3.63, 3.8) is 0 Å². The van der Waals surface area contributed by atoms with E-state index in [-0.39, 0.29) is 17.7 Å². The molecule has 1 fully saturated rings. The van der Waals surface area contributed by atoms with E-state index in [0.717, 1.165) is 5.39 Å². The number of rotatable bonds is 3. The number of piperidine rings is 1. The van der Waals surface area contributed by atoms with Gasteiger partial charge in [-0.15, -0.1) is 0 Å². The molecule has 4 rings (SSSR count). The predicted octanol–water partition coefficient (Wildman–Crippen LogP) is 3.28. The minimum Gasteiger partial charge on any atom is -0.423 e. The summed E-state index contributed by atoms with van der Waals surface area (Å²) < 4.78 is 5.10.